The van der Waals surface area contributed by atoms with Crippen molar-refractivity contribution < 1.29 is 8.42 Å². The van der Waals surface area contributed by atoms with Crippen molar-refractivity contribution >= 4 is 42.7 Å². The second-order valence-electron chi connectivity index (χ2n) is 7.00. The van der Waals surface area contributed by atoms with Crippen molar-refractivity contribution in [3.05, 3.63) is 76.5 Å². The number of pyridine rings is 1. The topological polar surface area (TPSA) is 87.8 Å². The van der Waals surface area contributed by atoms with Crippen LogP contribution in [0.3, 0.4) is 0 Å². The Bertz CT molecular complexity index is 1440. The Hall–Kier alpha value is -3.15. The number of fused-ring (bicyclic) bond motifs is 1. The summed E-state index contributed by atoms with van der Waals surface area (Å²) in [6.07, 6.45) is 4.78. The van der Waals surface area contributed by atoms with Gasteiger partial charge in [-0.25, -0.2) is 13.4 Å². The van der Waals surface area contributed by atoms with Crippen LogP contribution in [0.15, 0.2) is 65.4 Å². The molecule has 0 saturated carbocycles. The number of hydrogen-bond donors (Lipinski definition) is 1. The molecule has 1 N–H and O–H groups in total. The number of benzene rings is 2. The third kappa shape index (κ3) is 3.95. The molecule has 30 heavy (non-hydrogen) atoms. The first-order valence-electron chi connectivity index (χ1n) is 9.01. The molecule has 4 aromatic rings. The number of nitrogens with one attached hydrogen (secondary N) is 1. The van der Waals surface area contributed by atoms with Crippen LogP contribution < -0.4 is 4.72 Å². The number of aryl methyl sites for hydroxylation is 1. The fraction of sp³-hybridized carbons (Fsp3) is 0.0909. The minimum absolute atomic E-state index is 0.344. The Balaban J connectivity index is 1.97. The molecule has 8 heteroatoms. The van der Waals surface area contributed by atoms with Gasteiger partial charge in [0.1, 0.15) is 5.65 Å². The molecule has 2 heterocycles. The number of aromatic nitrogens is 2. The van der Waals surface area contributed by atoms with Gasteiger partial charge in [0, 0.05) is 27.8 Å². The van der Waals surface area contributed by atoms with Crippen LogP contribution in [0.25, 0.3) is 27.8 Å². The molecule has 2 aromatic heterocycles. The van der Waals surface area contributed by atoms with Gasteiger partial charge in [0.2, 0.25) is 10.0 Å². The normalized spacial score (nSPS) is 11.4. The predicted molar refractivity (Wildman–Crippen MR) is 122 cm³/mol. The lowest BCUT2D eigenvalue weighted by atomic mass is 10.0. The Labute approximate surface area is 183 Å². The summed E-state index contributed by atoms with van der Waals surface area (Å²) in [7, 11) is -3.47. The average Bonchev–Trinajstić information content (AvgIpc) is 3.06. The highest BCUT2D eigenvalue weighted by molar-refractivity contribution is 9.10. The average molecular weight is 481 g/mol. The molecule has 0 bridgehead atoms. The third-order valence-electron chi connectivity index (χ3n) is 4.66. The molecule has 4 rings (SSSR count). The van der Waals surface area contributed by atoms with Gasteiger partial charge in [0.15, 0.2) is 0 Å². The largest absolute Gasteiger partial charge is 0.300 e. The van der Waals surface area contributed by atoms with Crippen molar-refractivity contribution in [1.29, 1.82) is 5.26 Å². The third-order valence-corrected chi connectivity index (χ3v) is 5.76. The molecule has 0 spiro atoms. The maximum absolute atomic E-state index is 11.7. The minimum atomic E-state index is -3.47. The molecular weight excluding hydrogens is 464 g/mol. The molecule has 0 saturated heterocycles. The van der Waals surface area contributed by atoms with Gasteiger partial charge in [-0.05, 0) is 66.6 Å². The monoisotopic (exact) mass is 480 g/mol. The van der Waals surface area contributed by atoms with E-state index in [1.165, 1.54) is 6.07 Å². The van der Waals surface area contributed by atoms with Crippen molar-refractivity contribution in [1.82, 2.24) is 9.55 Å². The van der Waals surface area contributed by atoms with E-state index in [4.69, 9.17) is 0 Å². The first-order valence-corrected chi connectivity index (χ1v) is 11.7. The van der Waals surface area contributed by atoms with Crippen molar-refractivity contribution in [2.45, 2.75) is 6.92 Å². The molecule has 2 aromatic carbocycles. The maximum atomic E-state index is 11.7. The van der Waals surface area contributed by atoms with E-state index in [1.54, 1.807) is 18.3 Å². The second-order valence-corrected chi connectivity index (χ2v) is 9.67. The summed E-state index contributed by atoms with van der Waals surface area (Å²) in [4.78, 5) is 4.57. The van der Waals surface area contributed by atoms with E-state index in [-0.39, 0.29) is 0 Å². The number of nitriles is 1. The quantitative estimate of drug-likeness (QED) is 0.444. The summed E-state index contributed by atoms with van der Waals surface area (Å²) in [6.45, 7) is 2.03. The zero-order valence-electron chi connectivity index (χ0n) is 16.2. The second kappa shape index (κ2) is 7.59. The lowest BCUT2D eigenvalue weighted by Crippen LogP contribution is -2.09. The zero-order valence-corrected chi connectivity index (χ0v) is 18.6. The summed E-state index contributed by atoms with van der Waals surface area (Å²) < 4.78 is 28.9. The number of hydrogen-bond acceptors (Lipinski definition) is 4. The van der Waals surface area contributed by atoms with Crippen LogP contribution in [0.4, 0.5) is 5.69 Å². The van der Waals surface area contributed by atoms with Gasteiger partial charge in [-0.2, -0.15) is 5.26 Å². The standard InChI is InChI=1S/C22H17BrN4O2S/c1-14-8-17(23)5-6-21(14)27-13-20(19-4-3-7-25-22(19)27)16-9-15(12-24)10-18(11-16)26-30(2,28)29/h3-11,13,26H,1-2H3. The summed E-state index contributed by atoms with van der Waals surface area (Å²) in [5.41, 5.74) is 5.13. The number of anilines is 1. The first kappa shape index (κ1) is 20.1. The summed E-state index contributed by atoms with van der Waals surface area (Å²) in [5.74, 6) is 0. The lowest BCUT2D eigenvalue weighted by Gasteiger charge is -2.09. The van der Waals surface area contributed by atoms with Crippen molar-refractivity contribution in [2.75, 3.05) is 11.0 Å². The molecule has 0 amide bonds. The van der Waals surface area contributed by atoms with Crippen LogP contribution in [0, 0.1) is 18.3 Å². The highest BCUT2D eigenvalue weighted by Gasteiger charge is 2.15. The van der Waals surface area contributed by atoms with Gasteiger partial charge in [-0.3, -0.25) is 4.72 Å². The van der Waals surface area contributed by atoms with Crippen LogP contribution in [-0.2, 0) is 10.0 Å². The number of halogens is 1. The van der Waals surface area contributed by atoms with Gasteiger partial charge in [-0.15, -0.1) is 0 Å². The lowest BCUT2D eigenvalue weighted by molar-refractivity contribution is 0.607. The SMILES string of the molecule is Cc1cc(Br)ccc1-n1cc(-c2cc(C#N)cc(NS(C)(=O)=O)c2)c2cccnc21. The predicted octanol–water partition coefficient (Wildman–Crippen LogP) is 5.01. The Kier molecular flexibility index (Phi) is 5.10. The number of sulfonamides is 1. The van der Waals surface area contributed by atoms with Crippen LogP contribution in [0.5, 0.6) is 0 Å². The summed E-state index contributed by atoms with van der Waals surface area (Å²) in [5, 5.41) is 10.3. The van der Waals surface area contributed by atoms with E-state index in [9.17, 15) is 13.7 Å². The molecule has 6 nitrogen and oxygen atoms in total. The smallest absolute Gasteiger partial charge is 0.229 e. The van der Waals surface area contributed by atoms with Crippen LogP contribution in [0.1, 0.15) is 11.1 Å². The Morgan fingerprint density at radius 1 is 1.17 bits per heavy atom. The molecule has 150 valence electrons. The first-order chi connectivity index (χ1) is 14.2. The van der Waals surface area contributed by atoms with Gasteiger partial charge in [-0.1, -0.05) is 15.9 Å². The van der Waals surface area contributed by atoms with Crippen LogP contribution in [-0.4, -0.2) is 24.2 Å². The number of rotatable bonds is 4. The van der Waals surface area contributed by atoms with E-state index < -0.39 is 10.0 Å². The van der Waals surface area contributed by atoms with E-state index in [1.807, 2.05) is 48.0 Å². The summed E-state index contributed by atoms with van der Waals surface area (Å²) in [6, 6.07) is 16.9. The molecular formula is C22H17BrN4O2S. The molecule has 0 aliphatic carbocycles. The van der Waals surface area contributed by atoms with Crippen LogP contribution in [0.2, 0.25) is 0 Å². The van der Waals surface area contributed by atoms with Crippen molar-refractivity contribution in [2.24, 2.45) is 0 Å². The fourth-order valence-electron chi connectivity index (χ4n) is 3.48. The highest BCUT2D eigenvalue weighted by Crippen LogP contribution is 2.34. The van der Waals surface area contributed by atoms with Gasteiger partial charge >= 0.3 is 0 Å². The zero-order chi connectivity index (χ0) is 21.5. The summed E-state index contributed by atoms with van der Waals surface area (Å²) >= 11 is 3.50. The Morgan fingerprint density at radius 3 is 2.67 bits per heavy atom. The molecule has 0 aliphatic heterocycles. The Morgan fingerprint density at radius 2 is 1.97 bits per heavy atom. The molecule has 0 unspecified atom stereocenters. The van der Waals surface area contributed by atoms with Gasteiger partial charge in [0.25, 0.3) is 0 Å². The molecule has 0 aliphatic rings. The van der Waals surface area contributed by atoms with Gasteiger partial charge < -0.3 is 4.57 Å². The van der Waals surface area contributed by atoms with E-state index in [0.29, 0.717) is 11.3 Å². The van der Waals surface area contributed by atoms with E-state index >= 15 is 0 Å². The van der Waals surface area contributed by atoms with Crippen molar-refractivity contribution in [3.8, 4) is 22.9 Å². The van der Waals surface area contributed by atoms with Crippen LogP contribution >= 0.6 is 15.9 Å². The highest BCUT2D eigenvalue weighted by atomic mass is 79.9. The fourth-order valence-corrected chi connectivity index (χ4v) is 4.50. The maximum Gasteiger partial charge on any atom is 0.229 e. The van der Waals surface area contributed by atoms with E-state index in [2.05, 4.69) is 31.7 Å². The molecule has 0 radical (unpaired) electrons. The van der Waals surface area contributed by atoms with E-state index in [0.717, 1.165) is 44.1 Å². The van der Waals surface area contributed by atoms with Crippen molar-refractivity contribution in [3.63, 3.8) is 0 Å². The molecule has 0 fully saturated rings. The van der Waals surface area contributed by atoms with Gasteiger partial charge in [0.05, 0.1) is 29.3 Å². The minimum Gasteiger partial charge on any atom is -0.300 e. The number of nitrogens with zero attached hydrogens (tertiary/aromatic N) is 3. The molecule has 0 atom stereocenters.